The summed E-state index contributed by atoms with van der Waals surface area (Å²) in [6, 6.07) is 2.43. The summed E-state index contributed by atoms with van der Waals surface area (Å²) in [5.41, 5.74) is 0. The van der Waals surface area contributed by atoms with E-state index >= 15 is 0 Å². The van der Waals surface area contributed by atoms with Crippen LogP contribution >= 0.6 is 34.8 Å². The lowest BCUT2D eigenvalue weighted by molar-refractivity contribution is -0.137. The van der Waals surface area contributed by atoms with Crippen LogP contribution in [0, 0.1) is 0 Å². The molecule has 0 bridgehead atoms. The van der Waals surface area contributed by atoms with E-state index in [9.17, 15) is 13.2 Å². The van der Waals surface area contributed by atoms with Crippen molar-refractivity contribution in [2.75, 3.05) is 13.1 Å². The monoisotopic (exact) mass is 357 g/mol. The predicted octanol–water partition coefficient (Wildman–Crippen LogP) is 2.91. The average molecular weight is 359 g/mol. The zero-order valence-electron chi connectivity index (χ0n) is 10.0. The molecule has 0 heterocycles. The zero-order valence-corrected chi connectivity index (χ0v) is 13.1. The van der Waals surface area contributed by atoms with Crippen LogP contribution in [0.5, 0.6) is 0 Å². The Kier molecular flexibility index (Phi) is 5.85. The summed E-state index contributed by atoms with van der Waals surface area (Å²) in [6.45, 7) is 2.46. The number of aliphatic carboxylic acids is 1. The third-order valence-electron chi connectivity index (χ3n) is 2.21. The van der Waals surface area contributed by atoms with Crippen molar-refractivity contribution in [2.24, 2.45) is 0 Å². The molecule has 1 N–H and O–H groups in total. The van der Waals surface area contributed by atoms with E-state index < -0.39 is 22.5 Å². The summed E-state index contributed by atoms with van der Waals surface area (Å²) in [6.07, 6.45) is 1.26. The number of hydrogen-bond donors (Lipinski definition) is 1. The lowest BCUT2D eigenvalue weighted by atomic mass is 10.4. The van der Waals surface area contributed by atoms with Gasteiger partial charge in [-0.15, -0.1) is 6.58 Å². The maximum Gasteiger partial charge on any atom is 0.318 e. The van der Waals surface area contributed by atoms with Gasteiger partial charge < -0.3 is 5.11 Å². The predicted molar refractivity (Wildman–Crippen MR) is 78.1 cm³/mol. The van der Waals surface area contributed by atoms with Crippen LogP contribution in [0.25, 0.3) is 0 Å². The standard InChI is InChI=1S/C11H10Cl3NO4S/c1-2-3-15(6-10(16)17)20(18,19)11-8(13)4-7(12)5-9(11)14/h2,4-5H,1,3,6H2,(H,16,17). The van der Waals surface area contributed by atoms with Crippen LogP contribution in [0.4, 0.5) is 0 Å². The third kappa shape index (κ3) is 3.86. The molecule has 0 aliphatic heterocycles. The van der Waals surface area contributed by atoms with E-state index in [0.717, 1.165) is 0 Å². The molecule has 0 spiro atoms. The second-order valence-corrected chi connectivity index (χ2v) is 6.80. The fourth-order valence-electron chi connectivity index (χ4n) is 1.45. The van der Waals surface area contributed by atoms with E-state index in [1.165, 1.54) is 18.2 Å². The highest BCUT2D eigenvalue weighted by molar-refractivity contribution is 7.89. The molecule has 0 atom stereocenters. The average Bonchev–Trinajstić information content (AvgIpc) is 2.25. The Balaban J connectivity index is 3.40. The highest BCUT2D eigenvalue weighted by Gasteiger charge is 2.30. The SMILES string of the molecule is C=CCN(CC(=O)O)S(=O)(=O)c1c(Cl)cc(Cl)cc1Cl. The molecule has 1 aromatic carbocycles. The molecule has 0 saturated heterocycles. The van der Waals surface area contributed by atoms with Gasteiger partial charge in [-0.3, -0.25) is 4.79 Å². The maximum atomic E-state index is 12.4. The van der Waals surface area contributed by atoms with Gasteiger partial charge in [-0.1, -0.05) is 40.9 Å². The Morgan fingerprint density at radius 2 is 1.80 bits per heavy atom. The molecule has 9 heteroatoms. The number of carbonyl (C=O) groups is 1. The molecule has 1 aromatic rings. The van der Waals surface area contributed by atoms with Crippen molar-refractivity contribution >= 4 is 50.8 Å². The molecule has 0 radical (unpaired) electrons. The summed E-state index contributed by atoms with van der Waals surface area (Å²) < 4.78 is 25.5. The van der Waals surface area contributed by atoms with Crippen molar-refractivity contribution in [3.05, 3.63) is 39.9 Å². The largest absolute Gasteiger partial charge is 0.480 e. The Hall–Kier alpha value is -0.790. The fourth-order valence-corrected chi connectivity index (χ4v) is 4.30. The fraction of sp³-hybridized carbons (Fsp3) is 0.182. The van der Waals surface area contributed by atoms with Gasteiger partial charge in [0.15, 0.2) is 0 Å². The van der Waals surface area contributed by atoms with Crippen LogP contribution in [0.2, 0.25) is 15.1 Å². The number of rotatable bonds is 6. The van der Waals surface area contributed by atoms with E-state index in [1.807, 2.05) is 0 Å². The van der Waals surface area contributed by atoms with E-state index in [4.69, 9.17) is 39.9 Å². The van der Waals surface area contributed by atoms with E-state index in [2.05, 4.69) is 6.58 Å². The van der Waals surface area contributed by atoms with Gasteiger partial charge in [0.1, 0.15) is 11.4 Å². The molecular formula is C11H10Cl3NO4S. The van der Waals surface area contributed by atoms with Crippen LogP contribution < -0.4 is 0 Å². The van der Waals surface area contributed by atoms with Crippen LogP contribution in [0.1, 0.15) is 0 Å². The van der Waals surface area contributed by atoms with Crippen LogP contribution in [-0.2, 0) is 14.8 Å². The van der Waals surface area contributed by atoms with Gasteiger partial charge in [0.2, 0.25) is 10.0 Å². The number of sulfonamides is 1. The topological polar surface area (TPSA) is 74.7 Å². The van der Waals surface area contributed by atoms with Crippen LogP contribution in [0.3, 0.4) is 0 Å². The third-order valence-corrected chi connectivity index (χ3v) is 5.16. The molecule has 0 aromatic heterocycles. The first-order valence-electron chi connectivity index (χ1n) is 5.17. The molecule has 0 amide bonds. The molecule has 20 heavy (non-hydrogen) atoms. The number of hydrogen-bond acceptors (Lipinski definition) is 3. The molecule has 0 saturated carbocycles. The van der Waals surface area contributed by atoms with Gasteiger partial charge in [-0.25, -0.2) is 8.42 Å². The molecule has 5 nitrogen and oxygen atoms in total. The Morgan fingerprint density at radius 3 is 2.20 bits per heavy atom. The normalized spacial score (nSPS) is 11.6. The molecular weight excluding hydrogens is 349 g/mol. The van der Waals surface area contributed by atoms with Gasteiger partial charge in [0.05, 0.1) is 10.0 Å². The zero-order chi connectivity index (χ0) is 15.5. The van der Waals surface area contributed by atoms with Crippen molar-refractivity contribution in [1.29, 1.82) is 0 Å². The van der Waals surface area contributed by atoms with Crippen LogP contribution in [-0.4, -0.2) is 36.9 Å². The van der Waals surface area contributed by atoms with E-state index in [0.29, 0.717) is 4.31 Å². The van der Waals surface area contributed by atoms with E-state index in [-0.39, 0.29) is 26.5 Å². The quantitative estimate of drug-likeness (QED) is 0.793. The summed E-state index contributed by atoms with van der Waals surface area (Å²) in [4.78, 5) is 10.4. The summed E-state index contributed by atoms with van der Waals surface area (Å²) in [5.74, 6) is -1.31. The smallest absolute Gasteiger partial charge is 0.318 e. The van der Waals surface area contributed by atoms with Crippen molar-refractivity contribution < 1.29 is 18.3 Å². The lowest BCUT2D eigenvalue weighted by Crippen LogP contribution is -2.36. The first-order valence-corrected chi connectivity index (χ1v) is 7.75. The highest BCUT2D eigenvalue weighted by Crippen LogP contribution is 2.34. The second-order valence-electron chi connectivity index (χ2n) is 3.68. The Labute approximate surface area is 131 Å². The van der Waals surface area contributed by atoms with Crippen molar-refractivity contribution in [3.8, 4) is 0 Å². The minimum atomic E-state index is -4.18. The summed E-state index contributed by atoms with van der Waals surface area (Å²) in [7, 11) is -4.18. The number of carboxylic acids is 1. The Bertz CT molecular complexity index is 622. The molecule has 1 rings (SSSR count). The number of halogens is 3. The highest BCUT2D eigenvalue weighted by atomic mass is 35.5. The summed E-state index contributed by atoms with van der Waals surface area (Å²) in [5, 5.41) is 8.59. The molecule has 0 aliphatic carbocycles. The maximum absolute atomic E-state index is 12.4. The van der Waals surface area contributed by atoms with Crippen molar-refractivity contribution in [2.45, 2.75) is 4.90 Å². The minimum absolute atomic E-state index is 0.174. The number of nitrogens with zero attached hydrogens (tertiary/aromatic N) is 1. The Morgan fingerprint density at radius 1 is 1.30 bits per heavy atom. The molecule has 0 aliphatic rings. The van der Waals surface area contributed by atoms with Gasteiger partial charge in [-0.05, 0) is 12.1 Å². The lowest BCUT2D eigenvalue weighted by Gasteiger charge is -2.20. The molecule has 0 unspecified atom stereocenters. The van der Waals surface area contributed by atoms with Crippen molar-refractivity contribution in [1.82, 2.24) is 4.31 Å². The van der Waals surface area contributed by atoms with Gasteiger partial charge in [0, 0.05) is 11.6 Å². The van der Waals surface area contributed by atoms with E-state index in [1.54, 1.807) is 0 Å². The van der Waals surface area contributed by atoms with Gasteiger partial charge in [0.25, 0.3) is 0 Å². The van der Waals surface area contributed by atoms with Crippen molar-refractivity contribution in [3.63, 3.8) is 0 Å². The first kappa shape index (κ1) is 17.3. The number of benzene rings is 1. The van der Waals surface area contributed by atoms with Gasteiger partial charge >= 0.3 is 5.97 Å². The van der Waals surface area contributed by atoms with Crippen LogP contribution in [0.15, 0.2) is 29.7 Å². The van der Waals surface area contributed by atoms with Gasteiger partial charge in [-0.2, -0.15) is 4.31 Å². The second kappa shape index (κ2) is 6.78. The first-order chi connectivity index (χ1) is 9.20. The number of carboxylic acid groups (broad SMARTS) is 1. The molecule has 110 valence electrons. The minimum Gasteiger partial charge on any atom is -0.480 e. The summed E-state index contributed by atoms with van der Waals surface area (Å²) >= 11 is 17.4. The molecule has 0 fully saturated rings.